The lowest BCUT2D eigenvalue weighted by atomic mass is 10.0. The molecule has 0 saturated carbocycles. The Morgan fingerprint density at radius 3 is 3.11 bits per heavy atom. The summed E-state index contributed by atoms with van der Waals surface area (Å²) in [4.78, 5) is 4.25. The number of nitrogens with two attached hydrogens (primary N) is 1. The van der Waals surface area contributed by atoms with Gasteiger partial charge < -0.3 is 15.0 Å². The van der Waals surface area contributed by atoms with Gasteiger partial charge >= 0.3 is 0 Å². The lowest BCUT2D eigenvalue weighted by Crippen LogP contribution is -2.30. The van der Waals surface area contributed by atoms with E-state index in [2.05, 4.69) is 11.9 Å². The van der Waals surface area contributed by atoms with Crippen LogP contribution in [0.2, 0.25) is 0 Å². The molecule has 2 N–H and O–H groups in total. The molecule has 1 aliphatic rings. The lowest BCUT2D eigenvalue weighted by Gasteiger charge is -2.24. The third-order valence-corrected chi connectivity index (χ3v) is 3.53. The van der Waals surface area contributed by atoms with Crippen LogP contribution in [0.5, 0.6) is 0 Å². The van der Waals surface area contributed by atoms with Crippen LogP contribution in [-0.4, -0.2) is 21.8 Å². The molecule has 0 spiro atoms. The van der Waals surface area contributed by atoms with Crippen LogP contribution in [0.4, 0.5) is 10.3 Å². The first kappa shape index (κ1) is 11.5. The molecule has 0 radical (unpaired) electrons. The Kier molecular flexibility index (Phi) is 2.52. The molecule has 4 nitrogen and oxygen atoms in total. The van der Waals surface area contributed by atoms with Crippen LogP contribution >= 0.6 is 0 Å². The van der Waals surface area contributed by atoms with Crippen molar-refractivity contribution in [1.82, 2.24) is 9.55 Å². The van der Waals surface area contributed by atoms with Gasteiger partial charge in [0.2, 0.25) is 5.95 Å². The molecule has 1 aliphatic heterocycles. The standard InChI is InChI=1S/C13H16FN3O/c1-13(5-2-6-18-13)8-17-11-7-9(14)3-4-10(11)16-12(17)15/h3-4,7H,2,5-6,8H2,1H3,(H2,15,16). The van der Waals surface area contributed by atoms with E-state index in [0.29, 0.717) is 12.5 Å². The minimum Gasteiger partial charge on any atom is -0.373 e. The number of benzene rings is 1. The number of ether oxygens (including phenoxy) is 1. The summed E-state index contributed by atoms with van der Waals surface area (Å²) in [7, 11) is 0. The minimum atomic E-state index is -0.277. The van der Waals surface area contributed by atoms with Gasteiger partial charge in [0.25, 0.3) is 0 Å². The van der Waals surface area contributed by atoms with Crippen LogP contribution in [0.3, 0.4) is 0 Å². The highest BCUT2D eigenvalue weighted by Gasteiger charge is 2.31. The van der Waals surface area contributed by atoms with E-state index in [-0.39, 0.29) is 11.4 Å². The number of halogens is 1. The fourth-order valence-electron chi connectivity index (χ4n) is 2.58. The van der Waals surface area contributed by atoms with Crippen LogP contribution in [0, 0.1) is 5.82 Å². The molecule has 0 aliphatic carbocycles. The van der Waals surface area contributed by atoms with Crippen LogP contribution in [0.25, 0.3) is 11.0 Å². The number of hydrogen-bond acceptors (Lipinski definition) is 3. The molecule has 1 unspecified atom stereocenters. The average Bonchev–Trinajstić information content (AvgIpc) is 2.86. The Morgan fingerprint density at radius 2 is 2.39 bits per heavy atom. The second-order valence-corrected chi connectivity index (χ2v) is 5.09. The highest BCUT2D eigenvalue weighted by atomic mass is 19.1. The summed E-state index contributed by atoms with van der Waals surface area (Å²) in [5.41, 5.74) is 7.13. The zero-order valence-corrected chi connectivity index (χ0v) is 10.3. The van der Waals surface area contributed by atoms with Crippen LogP contribution < -0.4 is 5.73 Å². The fourth-order valence-corrected chi connectivity index (χ4v) is 2.58. The predicted molar refractivity (Wildman–Crippen MR) is 67.7 cm³/mol. The highest BCUT2D eigenvalue weighted by Crippen LogP contribution is 2.30. The summed E-state index contributed by atoms with van der Waals surface area (Å²) in [6, 6.07) is 4.51. The van der Waals surface area contributed by atoms with Gasteiger partial charge in [0.15, 0.2) is 0 Å². The molecule has 3 rings (SSSR count). The lowest BCUT2D eigenvalue weighted by molar-refractivity contribution is 0.00749. The summed E-state index contributed by atoms with van der Waals surface area (Å²) < 4.78 is 20.9. The first-order valence-corrected chi connectivity index (χ1v) is 6.13. The molecule has 0 amide bonds. The van der Waals surface area contributed by atoms with Gasteiger partial charge in [-0.2, -0.15) is 0 Å². The van der Waals surface area contributed by atoms with Crippen molar-refractivity contribution in [3.05, 3.63) is 24.0 Å². The van der Waals surface area contributed by atoms with E-state index in [1.54, 1.807) is 6.07 Å². The van der Waals surface area contributed by atoms with E-state index < -0.39 is 0 Å². The maximum absolute atomic E-state index is 13.3. The molecule has 2 aromatic rings. The van der Waals surface area contributed by atoms with E-state index in [9.17, 15) is 4.39 Å². The van der Waals surface area contributed by atoms with Gasteiger partial charge in [-0.25, -0.2) is 9.37 Å². The molecular formula is C13H16FN3O. The monoisotopic (exact) mass is 249 g/mol. The Balaban J connectivity index is 2.05. The first-order chi connectivity index (χ1) is 8.57. The summed E-state index contributed by atoms with van der Waals surface area (Å²) in [6.07, 6.45) is 2.04. The van der Waals surface area contributed by atoms with E-state index in [0.717, 1.165) is 30.5 Å². The van der Waals surface area contributed by atoms with Crippen molar-refractivity contribution in [3.63, 3.8) is 0 Å². The van der Waals surface area contributed by atoms with Gasteiger partial charge in [-0.1, -0.05) is 0 Å². The smallest absolute Gasteiger partial charge is 0.201 e. The van der Waals surface area contributed by atoms with Gasteiger partial charge in [-0.3, -0.25) is 0 Å². The molecule has 5 heteroatoms. The predicted octanol–water partition coefficient (Wildman–Crippen LogP) is 2.33. The molecule has 1 aromatic heterocycles. The Labute approximate surface area is 105 Å². The van der Waals surface area contributed by atoms with Crippen molar-refractivity contribution in [2.75, 3.05) is 12.3 Å². The largest absolute Gasteiger partial charge is 0.373 e. The maximum Gasteiger partial charge on any atom is 0.201 e. The quantitative estimate of drug-likeness (QED) is 0.888. The van der Waals surface area contributed by atoms with E-state index in [1.165, 1.54) is 12.1 Å². The Hall–Kier alpha value is -1.62. The van der Waals surface area contributed by atoms with Crippen molar-refractivity contribution in [2.45, 2.75) is 31.9 Å². The zero-order chi connectivity index (χ0) is 12.8. The number of fused-ring (bicyclic) bond motifs is 1. The molecule has 96 valence electrons. The fraction of sp³-hybridized carbons (Fsp3) is 0.462. The van der Waals surface area contributed by atoms with Crippen LogP contribution in [-0.2, 0) is 11.3 Å². The Bertz CT molecular complexity index is 587. The van der Waals surface area contributed by atoms with E-state index >= 15 is 0 Å². The third kappa shape index (κ3) is 1.84. The van der Waals surface area contributed by atoms with Crippen molar-refractivity contribution in [1.29, 1.82) is 0 Å². The zero-order valence-electron chi connectivity index (χ0n) is 10.3. The number of aromatic nitrogens is 2. The number of anilines is 1. The van der Waals surface area contributed by atoms with Crippen LogP contribution in [0.1, 0.15) is 19.8 Å². The molecule has 1 atom stereocenters. The van der Waals surface area contributed by atoms with Crippen molar-refractivity contribution < 1.29 is 9.13 Å². The molecule has 2 heterocycles. The average molecular weight is 249 g/mol. The summed E-state index contributed by atoms with van der Waals surface area (Å²) in [6.45, 7) is 3.45. The summed E-state index contributed by atoms with van der Waals surface area (Å²) >= 11 is 0. The molecule has 18 heavy (non-hydrogen) atoms. The second-order valence-electron chi connectivity index (χ2n) is 5.09. The number of hydrogen-bond donors (Lipinski definition) is 1. The minimum absolute atomic E-state index is 0.228. The number of nitrogen functional groups attached to an aromatic ring is 1. The van der Waals surface area contributed by atoms with Gasteiger partial charge in [0.1, 0.15) is 5.82 Å². The molecule has 1 fully saturated rings. The molecule has 0 bridgehead atoms. The topological polar surface area (TPSA) is 53.1 Å². The van der Waals surface area contributed by atoms with Crippen molar-refractivity contribution >= 4 is 17.0 Å². The number of imidazole rings is 1. The van der Waals surface area contributed by atoms with Gasteiger partial charge in [-0.05, 0) is 38.0 Å². The van der Waals surface area contributed by atoms with Crippen molar-refractivity contribution in [3.8, 4) is 0 Å². The molecule has 1 saturated heterocycles. The molecular weight excluding hydrogens is 233 g/mol. The van der Waals surface area contributed by atoms with E-state index in [4.69, 9.17) is 10.5 Å². The maximum atomic E-state index is 13.3. The first-order valence-electron chi connectivity index (χ1n) is 6.13. The van der Waals surface area contributed by atoms with Gasteiger partial charge in [0, 0.05) is 6.61 Å². The summed E-state index contributed by atoms with van der Waals surface area (Å²) in [5, 5.41) is 0. The number of nitrogens with zero attached hydrogens (tertiary/aromatic N) is 2. The van der Waals surface area contributed by atoms with Crippen molar-refractivity contribution in [2.24, 2.45) is 0 Å². The normalized spacial score (nSPS) is 23.9. The third-order valence-electron chi connectivity index (χ3n) is 3.53. The Morgan fingerprint density at radius 1 is 1.56 bits per heavy atom. The van der Waals surface area contributed by atoms with E-state index in [1.807, 2.05) is 4.57 Å². The number of rotatable bonds is 2. The van der Waals surface area contributed by atoms with Gasteiger partial charge in [0.05, 0.1) is 23.2 Å². The molecule has 1 aromatic carbocycles. The second kappa shape index (κ2) is 3.95. The highest BCUT2D eigenvalue weighted by molar-refractivity contribution is 5.78. The SMILES string of the molecule is CC1(Cn2c(N)nc3ccc(F)cc32)CCCO1. The van der Waals surface area contributed by atoms with Crippen LogP contribution in [0.15, 0.2) is 18.2 Å². The van der Waals surface area contributed by atoms with Gasteiger partial charge in [-0.15, -0.1) is 0 Å². The summed E-state index contributed by atoms with van der Waals surface area (Å²) in [5.74, 6) is 0.133.